The Balaban J connectivity index is 0.000000960. The zero-order valence-electron chi connectivity index (χ0n) is 18.5. The molecule has 162 valence electrons. The van der Waals surface area contributed by atoms with Crippen LogP contribution < -0.4 is 10.5 Å². The zero-order chi connectivity index (χ0) is 21.9. The van der Waals surface area contributed by atoms with E-state index in [1.807, 2.05) is 13.8 Å². The van der Waals surface area contributed by atoms with Crippen LogP contribution in [0.5, 0.6) is 5.75 Å². The van der Waals surface area contributed by atoms with Crippen molar-refractivity contribution in [2.75, 3.05) is 0 Å². The number of benzene rings is 1. The largest absolute Gasteiger partial charge is 0.429 e. The number of allylic oxidation sites excluding steroid dienone is 2. The molecule has 1 aromatic carbocycles. The highest BCUT2D eigenvalue weighted by molar-refractivity contribution is 5.82. The number of nitrogens with two attached hydrogens (primary N) is 1. The normalized spacial score (nSPS) is 15.4. The molecular weight excluding hydrogens is 370 g/mol. The first-order valence-corrected chi connectivity index (χ1v) is 10.7. The summed E-state index contributed by atoms with van der Waals surface area (Å²) in [5, 5.41) is 0. The Labute approximate surface area is 174 Å². The van der Waals surface area contributed by atoms with Gasteiger partial charge in [-0.25, -0.2) is 0 Å². The third kappa shape index (κ3) is 8.80. The van der Waals surface area contributed by atoms with Gasteiger partial charge in [-0.3, -0.25) is 4.99 Å². The predicted molar refractivity (Wildman–Crippen MR) is 120 cm³/mol. The molecule has 0 fully saturated rings. The standard InChI is InChI=1S/C20H26F2N2O.C4H10/c1-4-5-6-7-16(19(23)14(2)3)13-24-17-9-8-15-10-11-20(21,22)25-18(15)12-17;1-3-4-2/h8-14H,4-7,23H2,1-3H3;3-4H2,1-2H3/b19-16-,24-13?;. The quantitative estimate of drug-likeness (QED) is 0.356. The van der Waals surface area contributed by atoms with Gasteiger partial charge in [-0.15, -0.1) is 0 Å². The molecule has 1 aliphatic rings. The summed E-state index contributed by atoms with van der Waals surface area (Å²) in [6.07, 6.45) is 7.41. The maximum atomic E-state index is 13.3. The summed E-state index contributed by atoms with van der Waals surface area (Å²) in [5.41, 5.74) is 9.22. The first-order chi connectivity index (χ1) is 13.7. The number of alkyl halides is 2. The summed E-state index contributed by atoms with van der Waals surface area (Å²) < 4.78 is 31.4. The van der Waals surface area contributed by atoms with E-state index in [0.717, 1.165) is 43.0 Å². The molecule has 0 unspecified atom stereocenters. The lowest BCUT2D eigenvalue weighted by Gasteiger charge is -2.20. The van der Waals surface area contributed by atoms with Crippen LogP contribution in [0.15, 0.2) is 40.5 Å². The lowest BCUT2D eigenvalue weighted by Crippen LogP contribution is -2.23. The number of hydrogen-bond donors (Lipinski definition) is 1. The average Bonchev–Trinajstić information content (AvgIpc) is 2.69. The molecule has 0 radical (unpaired) electrons. The van der Waals surface area contributed by atoms with Crippen LogP contribution in [-0.4, -0.2) is 12.3 Å². The van der Waals surface area contributed by atoms with Crippen molar-refractivity contribution in [2.45, 2.75) is 79.3 Å². The molecule has 3 nitrogen and oxygen atoms in total. The zero-order valence-corrected chi connectivity index (χ0v) is 18.5. The number of rotatable bonds is 8. The molecule has 0 aliphatic carbocycles. The maximum Gasteiger partial charge on any atom is 0.419 e. The van der Waals surface area contributed by atoms with Gasteiger partial charge in [-0.05, 0) is 42.5 Å². The number of hydrogen-bond acceptors (Lipinski definition) is 3. The molecule has 1 aromatic rings. The Morgan fingerprint density at radius 1 is 1.14 bits per heavy atom. The third-order valence-electron chi connectivity index (χ3n) is 4.61. The smallest absolute Gasteiger partial charge is 0.419 e. The van der Waals surface area contributed by atoms with E-state index in [-0.39, 0.29) is 11.7 Å². The van der Waals surface area contributed by atoms with Gasteiger partial charge in [0.1, 0.15) is 5.75 Å². The molecule has 0 atom stereocenters. The van der Waals surface area contributed by atoms with Crippen LogP contribution >= 0.6 is 0 Å². The molecule has 1 aliphatic heterocycles. The number of halogens is 2. The molecule has 0 saturated heterocycles. The van der Waals surface area contributed by atoms with Crippen molar-refractivity contribution in [3.8, 4) is 5.75 Å². The SMILES string of the molecule is CCCC.CCCCC/C(C=Nc1ccc2c(c1)OC(F)(F)C=C2)=C(/N)C(C)C. The van der Waals surface area contributed by atoms with E-state index in [4.69, 9.17) is 10.5 Å². The molecular formula is C24H36F2N2O. The van der Waals surface area contributed by atoms with Crippen LogP contribution in [0.4, 0.5) is 14.5 Å². The minimum atomic E-state index is -3.28. The van der Waals surface area contributed by atoms with E-state index in [1.165, 1.54) is 25.0 Å². The molecule has 29 heavy (non-hydrogen) atoms. The molecule has 2 N–H and O–H groups in total. The van der Waals surface area contributed by atoms with Crippen molar-refractivity contribution in [1.82, 2.24) is 0 Å². The Bertz CT molecular complexity index is 720. The summed E-state index contributed by atoms with van der Waals surface area (Å²) in [5.74, 6) is 0.370. The number of nitrogens with zero attached hydrogens (tertiary/aromatic N) is 1. The third-order valence-corrected chi connectivity index (χ3v) is 4.61. The van der Waals surface area contributed by atoms with Gasteiger partial charge in [0, 0.05) is 29.6 Å². The summed E-state index contributed by atoms with van der Waals surface area (Å²) in [4.78, 5) is 4.43. The monoisotopic (exact) mass is 406 g/mol. The van der Waals surface area contributed by atoms with Gasteiger partial charge < -0.3 is 10.5 Å². The maximum absolute atomic E-state index is 13.3. The van der Waals surface area contributed by atoms with Gasteiger partial charge in [0.2, 0.25) is 0 Å². The lowest BCUT2D eigenvalue weighted by atomic mass is 10.0. The molecule has 0 amide bonds. The minimum absolute atomic E-state index is 0.135. The first kappa shape index (κ1) is 24.9. The van der Waals surface area contributed by atoms with Crippen LogP contribution in [0.1, 0.15) is 78.7 Å². The van der Waals surface area contributed by atoms with E-state index >= 15 is 0 Å². The van der Waals surface area contributed by atoms with Crippen LogP contribution in [-0.2, 0) is 0 Å². The van der Waals surface area contributed by atoms with E-state index in [2.05, 4.69) is 25.8 Å². The highest BCUT2D eigenvalue weighted by Crippen LogP contribution is 2.35. The fourth-order valence-corrected chi connectivity index (χ4v) is 2.57. The molecule has 5 heteroatoms. The summed E-state index contributed by atoms with van der Waals surface area (Å²) in [6.45, 7) is 10.6. The first-order valence-electron chi connectivity index (χ1n) is 10.7. The van der Waals surface area contributed by atoms with Crippen LogP contribution in [0.2, 0.25) is 0 Å². The van der Waals surface area contributed by atoms with Gasteiger partial charge in [-0.2, -0.15) is 8.78 Å². The van der Waals surface area contributed by atoms with Crippen molar-refractivity contribution in [2.24, 2.45) is 16.6 Å². The second kappa shape index (κ2) is 12.4. The predicted octanol–water partition coefficient (Wildman–Crippen LogP) is 7.64. The number of unbranched alkanes of at least 4 members (excludes halogenated alkanes) is 3. The van der Waals surface area contributed by atoms with Gasteiger partial charge >= 0.3 is 6.11 Å². The van der Waals surface area contributed by atoms with Crippen LogP contribution in [0.3, 0.4) is 0 Å². The van der Waals surface area contributed by atoms with Crippen LogP contribution in [0.25, 0.3) is 6.08 Å². The molecule has 0 saturated carbocycles. The Kier molecular flexibility index (Phi) is 10.6. The summed E-state index contributed by atoms with van der Waals surface area (Å²) in [7, 11) is 0. The number of ether oxygens (including phenoxy) is 1. The van der Waals surface area contributed by atoms with Crippen molar-refractivity contribution in [1.29, 1.82) is 0 Å². The fourth-order valence-electron chi connectivity index (χ4n) is 2.57. The molecule has 0 spiro atoms. The average molecular weight is 407 g/mol. The van der Waals surface area contributed by atoms with E-state index < -0.39 is 6.11 Å². The Morgan fingerprint density at radius 3 is 2.41 bits per heavy atom. The highest BCUT2D eigenvalue weighted by atomic mass is 19.3. The second-order valence-corrected chi connectivity index (χ2v) is 7.57. The fraction of sp³-hybridized carbons (Fsp3) is 0.542. The van der Waals surface area contributed by atoms with E-state index in [9.17, 15) is 8.78 Å². The number of fused-ring (bicyclic) bond motifs is 1. The molecule has 2 rings (SSSR count). The van der Waals surface area contributed by atoms with Gasteiger partial charge in [0.05, 0.1) is 5.69 Å². The van der Waals surface area contributed by atoms with Gasteiger partial charge in [0.25, 0.3) is 0 Å². The number of aliphatic imine (C=N–C) groups is 1. The molecule has 0 bridgehead atoms. The summed E-state index contributed by atoms with van der Waals surface area (Å²) in [6, 6.07) is 5.03. The van der Waals surface area contributed by atoms with Crippen molar-refractivity contribution in [3.63, 3.8) is 0 Å². The molecule has 1 heterocycles. The Hall–Kier alpha value is -2.17. The summed E-state index contributed by atoms with van der Waals surface area (Å²) >= 11 is 0. The Morgan fingerprint density at radius 2 is 1.83 bits per heavy atom. The topological polar surface area (TPSA) is 47.6 Å². The van der Waals surface area contributed by atoms with Gasteiger partial charge in [0.15, 0.2) is 0 Å². The van der Waals surface area contributed by atoms with Crippen LogP contribution in [0, 0.1) is 5.92 Å². The lowest BCUT2D eigenvalue weighted by molar-refractivity contribution is -0.132. The van der Waals surface area contributed by atoms with E-state index in [1.54, 1.807) is 18.3 Å². The van der Waals surface area contributed by atoms with Crippen molar-refractivity contribution >= 4 is 18.0 Å². The van der Waals surface area contributed by atoms with E-state index in [0.29, 0.717) is 11.3 Å². The van der Waals surface area contributed by atoms with Crippen molar-refractivity contribution < 1.29 is 13.5 Å². The van der Waals surface area contributed by atoms with Crippen molar-refractivity contribution in [3.05, 3.63) is 41.1 Å². The highest BCUT2D eigenvalue weighted by Gasteiger charge is 2.31. The second-order valence-electron chi connectivity index (χ2n) is 7.57. The minimum Gasteiger partial charge on any atom is -0.429 e. The molecule has 0 aromatic heterocycles. The van der Waals surface area contributed by atoms with Gasteiger partial charge in [-0.1, -0.05) is 60.3 Å².